The largest absolute Gasteiger partial charge is 0.296 e. The summed E-state index contributed by atoms with van der Waals surface area (Å²) in [5, 5.41) is 0. The van der Waals surface area contributed by atoms with E-state index in [1.165, 1.54) is 12.8 Å². The molecule has 0 heterocycles. The van der Waals surface area contributed by atoms with E-state index in [1.807, 2.05) is 19.0 Å². The summed E-state index contributed by atoms with van der Waals surface area (Å²) in [7, 11) is 3.92. The maximum atomic E-state index is 11.8. The second-order valence-electron chi connectivity index (χ2n) is 4.31. The Kier molecular flexibility index (Phi) is 3.71. The van der Waals surface area contributed by atoms with Crippen LogP contribution in [-0.2, 0) is 4.79 Å². The highest BCUT2D eigenvalue weighted by Crippen LogP contribution is 2.31. The Hall–Kier alpha value is -0.810. The minimum Gasteiger partial charge on any atom is -0.296 e. The zero-order chi connectivity index (χ0) is 10.6. The first kappa shape index (κ1) is 11.3. The zero-order valence-electron chi connectivity index (χ0n) is 9.18. The fraction of sp³-hybridized carbons (Fsp3) is 0.750. The Morgan fingerprint density at radius 1 is 1.21 bits per heavy atom. The van der Waals surface area contributed by atoms with Crippen LogP contribution < -0.4 is 0 Å². The van der Waals surface area contributed by atoms with Crippen molar-refractivity contribution in [3.63, 3.8) is 0 Å². The van der Waals surface area contributed by atoms with Crippen LogP contribution in [0.25, 0.3) is 0 Å². The molecule has 0 N–H and O–H groups in total. The molecule has 0 aromatic heterocycles. The summed E-state index contributed by atoms with van der Waals surface area (Å²) in [6.07, 6.45) is 11.8. The van der Waals surface area contributed by atoms with Crippen LogP contribution in [-0.4, -0.2) is 30.3 Å². The topological polar surface area (TPSA) is 20.3 Å². The normalized spacial score (nSPS) is 21.3. The minimum atomic E-state index is -0.370. The van der Waals surface area contributed by atoms with Crippen molar-refractivity contribution in [3.05, 3.63) is 0 Å². The average Bonchev–Trinajstić information content (AvgIpc) is 2.42. The van der Waals surface area contributed by atoms with Crippen molar-refractivity contribution in [1.82, 2.24) is 4.90 Å². The zero-order valence-corrected chi connectivity index (χ0v) is 9.18. The van der Waals surface area contributed by atoms with Crippen molar-refractivity contribution in [3.8, 4) is 12.3 Å². The van der Waals surface area contributed by atoms with Crippen molar-refractivity contribution < 1.29 is 4.79 Å². The number of nitrogens with zero attached hydrogens (tertiary/aromatic N) is 1. The maximum Gasteiger partial charge on any atom is 0.225 e. The molecule has 0 aromatic carbocycles. The Labute approximate surface area is 86.7 Å². The standard InChI is InChI=1S/C12H19NO/c1-4-11(14)12(13(2)3)9-7-5-6-8-10-12/h1H,5-10H2,2-3H3. The summed E-state index contributed by atoms with van der Waals surface area (Å²) >= 11 is 0. The van der Waals surface area contributed by atoms with Gasteiger partial charge in [0.2, 0.25) is 5.78 Å². The highest BCUT2D eigenvalue weighted by Gasteiger charge is 2.39. The third-order valence-corrected chi connectivity index (χ3v) is 3.34. The first-order chi connectivity index (χ1) is 6.63. The van der Waals surface area contributed by atoms with Gasteiger partial charge in [-0.25, -0.2) is 0 Å². The second kappa shape index (κ2) is 4.61. The predicted molar refractivity (Wildman–Crippen MR) is 58.0 cm³/mol. The molecule has 1 fully saturated rings. The number of hydrogen-bond donors (Lipinski definition) is 0. The quantitative estimate of drug-likeness (QED) is 0.379. The first-order valence-corrected chi connectivity index (χ1v) is 5.32. The molecule has 2 heteroatoms. The lowest BCUT2D eigenvalue weighted by Gasteiger charge is -2.36. The number of carbonyl (C=O) groups excluding carboxylic acids is 1. The number of terminal acetylenes is 1. The Morgan fingerprint density at radius 2 is 1.71 bits per heavy atom. The molecule has 1 rings (SSSR count). The molecule has 1 saturated carbocycles. The van der Waals surface area contributed by atoms with Crippen molar-refractivity contribution in [2.24, 2.45) is 0 Å². The number of Topliss-reactive ketones (excluding diaryl/α,β-unsaturated/α-hetero) is 1. The van der Waals surface area contributed by atoms with Crippen LogP contribution in [0.15, 0.2) is 0 Å². The van der Waals surface area contributed by atoms with E-state index in [2.05, 4.69) is 5.92 Å². The number of hydrogen-bond acceptors (Lipinski definition) is 2. The van der Waals surface area contributed by atoms with Crippen LogP contribution >= 0.6 is 0 Å². The lowest BCUT2D eigenvalue weighted by molar-refractivity contribution is -0.124. The van der Waals surface area contributed by atoms with Gasteiger partial charge in [-0.1, -0.05) is 25.7 Å². The summed E-state index contributed by atoms with van der Waals surface area (Å²) in [6, 6.07) is 0. The Morgan fingerprint density at radius 3 is 2.07 bits per heavy atom. The van der Waals surface area contributed by atoms with Crippen LogP contribution in [0, 0.1) is 12.3 Å². The summed E-state index contributed by atoms with van der Waals surface area (Å²) in [5.41, 5.74) is -0.370. The third-order valence-electron chi connectivity index (χ3n) is 3.34. The van der Waals surface area contributed by atoms with Gasteiger partial charge in [0.25, 0.3) is 0 Å². The smallest absolute Gasteiger partial charge is 0.225 e. The van der Waals surface area contributed by atoms with E-state index in [0.29, 0.717) is 0 Å². The highest BCUT2D eigenvalue weighted by molar-refractivity contribution is 6.02. The summed E-state index contributed by atoms with van der Waals surface area (Å²) in [4.78, 5) is 13.8. The van der Waals surface area contributed by atoms with Gasteiger partial charge in [0.05, 0.1) is 5.54 Å². The third kappa shape index (κ3) is 1.99. The van der Waals surface area contributed by atoms with Crippen molar-refractivity contribution in [1.29, 1.82) is 0 Å². The molecule has 1 aliphatic carbocycles. The molecule has 0 amide bonds. The fourth-order valence-corrected chi connectivity index (χ4v) is 2.33. The molecule has 0 aliphatic heterocycles. The van der Waals surface area contributed by atoms with Crippen LogP contribution in [0.5, 0.6) is 0 Å². The van der Waals surface area contributed by atoms with Gasteiger partial charge < -0.3 is 0 Å². The molecule has 2 nitrogen and oxygen atoms in total. The van der Waals surface area contributed by atoms with E-state index >= 15 is 0 Å². The van der Waals surface area contributed by atoms with E-state index in [9.17, 15) is 4.79 Å². The van der Waals surface area contributed by atoms with Gasteiger partial charge in [-0.05, 0) is 32.9 Å². The molecule has 0 aromatic rings. The van der Waals surface area contributed by atoms with Crippen molar-refractivity contribution in [2.75, 3.05) is 14.1 Å². The molecule has 0 atom stereocenters. The lowest BCUT2D eigenvalue weighted by atomic mass is 9.85. The van der Waals surface area contributed by atoms with Crippen LogP contribution in [0.1, 0.15) is 38.5 Å². The Balaban J connectivity index is 2.90. The number of ketones is 1. The van der Waals surface area contributed by atoms with E-state index < -0.39 is 0 Å². The predicted octanol–water partition coefficient (Wildman–Crippen LogP) is 1.84. The second-order valence-corrected chi connectivity index (χ2v) is 4.31. The van der Waals surface area contributed by atoms with Gasteiger partial charge in [0.1, 0.15) is 0 Å². The van der Waals surface area contributed by atoms with Gasteiger partial charge in [0, 0.05) is 0 Å². The molecule has 0 radical (unpaired) electrons. The SMILES string of the molecule is C#CC(=O)C1(N(C)C)CCCCCC1. The van der Waals surface area contributed by atoms with Gasteiger partial charge in [0.15, 0.2) is 0 Å². The average molecular weight is 193 g/mol. The monoisotopic (exact) mass is 193 g/mol. The molecule has 0 bridgehead atoms. The first-order valence-electron chi connectivity index (χ1n) is 5.32. The van der Waals surface area contributed by atoms with Gasteiger partial charge >= 0.3 is 0 Å². The number of rotatable bonds is 2. The Bertz CT molecular complexity index is 242. The summed E-state index contributed by atoms with van der Waals surface area (Å²) in [5.74, 6) is 2.27. The molecule has 1 aliphatic rings. The highest BCUT2D eigenvalue weighted by atomic mass is 16.1. The van der Waals surface area contributed by atoms with Gasteiger partial charge in [-0.15, -0.1) is 6.42 Å². The van der Waals surface area contributed by atoms with Crippen LogP contribution in [0.4, 0.5) is 0 Å². The van der Waals surface area contributed by atoms with E-state index in [4.69, 9.17) is 6.42 Å². The molecule has 0 saturated heterocycles. The number of carbonyl (C=O) groups is 1. The molecule has 14 heavy (non-hydrogen) atoms. The summed E-state index contributed by atoms with van der Waals surface area (Å²) in [6.45, 7) is 0. The molecule has 0 spiro atoms. The van der Waals surface area contributed by atoms with Crippen LogP contribution in [0.2, 0.25) is 0 Å². The number of likely N-dealkylation sites (N-methyl/N-ethyl adjacent to an activating group) is 1. The summed E-state index contributed by atoms with van der Waals surface area (Å²) < 4.78 is 0. The lowest BCUT2D eigenvalue weighted by Crippen LogP contribution is -2.50. The van der Waals surface area contributed by atoms with Crippen LogP contribution in [0.3, 0.4) is 0 Å². The van der Waals surface area contributed by atoms with Crippen molar-refractivity contribution >= 4 is 5.78 Å². The molecule has 78 valence electrons. The minimum absolute atomic E-state index is 0.0376. The van der Waals surface area contributed by atoms with Gasteiger partial charge in [-0.2, -0.15) is 0 Å². The van der Waals surface area contributed by atoms with E-state index in [1.54, 1.807) is 0 Å². The molecular weight excluding hydrogens is 174 g/mol. The maximum absolute atomic E-state index is 11.8. The van der Waals surface area contributed by atoms with E-state index in [0.717, 1.165) is 25.7 Å². The molecular formula is C12H19NO. The van der Waals surface area contributed by atoms with Gasteiger partial charge in [-0.3, -0.25) is 9.69 Å². The van der Waals surface area contributed by atoms with Crippen molar-refractivity contribution in [2.45, 2.75) is 44.1 Å². The van der Waals surface area contributed by atoms with E-state index in [-0.39, 0.29) is 11.3 Å². The molecule has 0 unspecified atom stereocenters. The fourth-order valence-electron chi connectivity index (χ4n) is 2.33.